The monoisotopic (exact) mass is 801 g/mol. The average molecular weight is 802 g/mol. The summed E-state index contributed by atoms with van der Waals surface area (Å²) in [6.45, 7) is 0. The predicted octanol–water partition coefficient (Wildman–Crippen LogP) is 16.5. The summed E-state index contributed by atoms with van der Waals surface area (Å²) in [5.41, 5.74) is 14.4. The molecular weight excluding hydrogens is 763 g/mol. The summed E-state index contributed by atoms with van der Waals surface area (Å²) in [5, 5.41) is 9.48. The molecule has 0 spiro atoms. The summed E-state index contributed by atoms with van der Waals surface area (Å²) in [4.78, 5) is 2.44. The molecule has 0 amide bonds. The third kappa shape index (κ3) is 5.25. The molecule has 11 aromatic carbocycles. The fourth-order valence-electron chi connectivity index (χ4n) is 10.8. The van der Waals surface area contributed by atoms with E-state index in [0.717, 1.165) is 49.8 Å². The van der Waals surface area contributed by atoms with Crippen LogP contribution in [0, 0.1) is 0 Å². The zero-order valence-corrected chi connectivity index (χ0v) is 34.4. The van der Waals surface area contributed by atoms with Gasteiger partial charge < -0.3 is 9.32 Å². The van der Waals surface area contributed by atoms with E-state index in [4.69, 9.17) is 4.42 Å². The average Bonchev–Trinajstić information content (AvgIpc) is 3.89. The van der Waals surface area contributed by atoms with Crippen LogP contribution in [-0.2, 0) is 5.41 Å². The normalized spacial score (nSPS) is 12.9. The van der Waals surface area contributed by atoms with Crippen molar-refractivity contribution in [3.8, 4) is 22.3 Å². The molecule has 13 rings (SSSR count). The first-order chi connectivity index (χ1) is 31.3. The number of anilines is 3. The summed E-state index contributed by atoms with van der Waals surface area (Å²) >= 11 is 0. The molecule has 0 saturated heterocycles. The fraction of sp³-hybridized carbons (Fsp3) is 0.0164. The molecule has 0 aliphatic heterocycles. The molecule has 12 aromatic rings. The Kier molecular flexibility index (Phi) is 7.85. The maximum Gasteiger partial charge on any atom is 0.143 e. The van der Waals surface area contributed by atoms with Crippen LogP contribution in [0.3, 0.4) is 0 Å². The van der Waals surface area contributed by atoms with E-state index in [0.29, 0.717) is 0 Å². The number of fused-ring (bicyclic) bond motifs is 11. The molecule has 0 radical (unpaired) electrons. The molecule has 0 bridgehead atoms. The van der Waals surface area contributed by atoms with Gasteiger partial charge in [0.1, 0.15) is 11.2 Å². The lowest BCUT2D eigenvalue weighted by molar-refractivity contribution is 0.672. The minimum atomic E-state index is -0.537. The van der Waals surface area contributed by atoms with Crippen LogP contribution in [0.1, 0.15) is 22.3 Å². The Hall–Kier alpha value is -8.20. The number of benzene rings is 11. The van der Waals surface area contributed by atoms with Gasteiger partial charge in [0.25, 0.3) is 0 Å². The Balaban J connectivity index is 1.07. The molecule has 1 aliphatic carbocycles. The van der Waals surface area contributed by atoms with Crippen LogP contribution in [0.25, 0.3) is 76.5 Å². The van der Waals surface area contributed by atoms with Gasteiger partial charge in [-0.1, -0.05) is 188 Å². The van der Waals surface area contributed by atoms with Gasteiger partial charge >= 0.3 is 0 Å². The second-order valence-electron chi connectivity index (χ2n) is 16.7. The summed E-state index contributed by atoms with van der Waals surface area (Å²) in [6, 6.07) is 86.6. The van der Waals surface area contributed by atoms with Crippen molar-refractivity contribution in [1.82, 2.24) is 0 Å². The van der Waals surface area contributed by atoms with E-state index >= 15 is 0 Å². The lowest BCUT2D eigenvalue weighted by Gasteiger charge is -2.35. The second kappa shape index (κ2) is 13.9. The summed E-state index contributed by atoms with van der Waals surface area (Å²) < 4.78 is 6.82. The molecule has 294 valence electrons. The van der Waals surface area contributed by atoms with E-state index in [2.05, 4.69) is 241 Å². The van der Waals surface area contributed by atoms with Crippen LogP contribution in [0.15, 0.2) is 241 Å². The number of hydrogen-bond donors (Lipinski definition) is 0. The minimum Gasteiger partial charge on any atom is -0.455 e. The van der Waals surface area contributed by atoms with Crippen molar-refractivity contribution in [2.24, 2.45) is 0 Å². The number of hydrogen-bond acceptors (Lipinski definition) is 2. The third-order valence-electron chi connectivity index (χ3n) is 13.5. The van der Waals surface area contributed by atoms with Crippen molar-refractivity contribution in [3.05, 3.63) is 259 Å². The predicted molar refractivity (Wildman–Crippen MR) is 264 cm³/mol. The molecular formula is C61H39NO. The lowest BCUT2D eigenvalue weighted by Crippen LogP contribution is -2.28. The standard InChI is InChI=1S/C61H39NO/c1-3-18-43(19-4-1)61(44-20-5-2-6-21-44)55-27-14-13-26-51(55)52-37-35-46(39-56(52)61)62(57-28-15-29-58-59(57)53-36-32-40-16-7-10-23-48(40)60(53)63-58)45-33-30-41(31-34-45)54-38-42-17-8-9-22-47(42)49-24-11-12-25-50(49)54/h1-39H. The number of furan rings is 1. The van der Waals surface area contributed by atoms with Gasteiger partial charge in [0.05, 0.1) is 16.5 Å². The van der Waals surface area contributed by atoms with Gasteiger partial charge in [0.2, 0.25) is 0 Å². The molecule has 1 aliphatic rings. The third-order valence-corrected chi connectivity index (χ3v) is 13.5. The first-order valence-electron chi connectivity index (χ1n) is 21.8. The summed E-state index contributed by atoms with van der Waals surface area (Å²) in [5.74, 6) is 0. The molecule has 0 N–H and O–H groups in total. The van der Waals surface area contributed by atoms with Gasteiger partial charge in [-0.3, -0.25) is 0 Å². The van der Waals surface area contributed by atoms with Crippen molar-refractivity contribution >= 4 is 71.3 Å². The van der Waals surface area contributed by atoms with Crippen LogP contribution < -0.4 is 4.90 Å². The molecule has 2 nitrogen and oxygen atoms in total. The van der Waals surface area contributed by atoms with E-state index in [9.17, 15) is 0 Å². The maximum atomic E-state index is 6.82. The first kappa shape index (κ1) is 35.5. The maximum absolute atomic E-state index is 6.82. The Bertz CT molecular complexity index is 3690. The quantitative estimate of drug-likeness (QED) is 0.156. The molecule has 0 unspecified atom stereocenters. The van der Waals surface area contributed by atoms with E-state index < -0.39 is 5.41 Å². The van der Waals surface area contributed by atoms with Gasteiger partial charge in [0, 0.05) is 22.1 Å². The summed E-state index contributed by atoms with van der Waals surface area (Å²) in [6.07, 6.45) is 0. The van der Waals surface area contributed by atoms with Crippen LogP contribution in [0.5, 0.6) is 0 Å². The van der Waals surface area contributed by atoms with Gasteiger partial charge in [0.15, 0.2) is 0 Å². The summed E-state index contributed by atoms with van der Waals surface area (Å²) in [7, 11) is 0. The fourth-order valence-corrected chi connectivity index (χ4v) is 10.8. The highest BCUT2D eigenvalue weighted by Crippen LogP contribution is 2.57. The van der Waals surface area contributed by atoms with E-state index in [-0.39, 0.29) is 0 Å². The lowest BCUT2D eigenvalue weighted by atomic mass is 9.67. The second-order valence-corrected chi connectivity index (χ2v) is 16.7. The number of rotatable bonds is 6. The molecule has 0 saturated carbocycles. The van der Waals surface area contributed by atoms with Crippen molar-refractivity contribution in [1.29, 1.82) is 0 Å². The largest absolute Gasteiger partial charge is 0.455 e. The molecule has 63 heavy (non-hydrogen) atoms. The topological polar surface area (TPSA) is 16.4 Å². The van der Waals surface area contributed by atoms with Crippen molar-refractivity contribution in [2.75, 3.05) is 4.90 Å². The van der Waals surface area contributed by atoms with Gasteiger partial charge in [-0.05, 0) is 120 Å². The Morgan fingerprint density at radius 1 is 0.349 bits per heavy atom. The SMILES string of the molecule is c1ccc(C2(c3ccccc3)c3ccccc3-c3ccc(N(c4ccc(-c5cc6ccccc6c6ccccc56)cc4)c4cccc5oc6c7ccccc7ccc6c45)cc32)cc1. The number of nitrogens with zero attached hydrogens (tertiary/aromatic N) is 1. The Morgan fingerprint density at radius 2 is 0.968 bits per heavy atom. The molecule has 0 atom stereocenters. The molecule has 2 heteroatoms. The highest BCUT2D eigenvalue weighted by molar-refractivity contribution is 6.20. The van der Waals surface area contributed by atoms with Crippen LogP contribution in [0.4, 0.5) is 17.1 Å². The minimum absolute atomic E-state index is 0.537. The van der Waals surface area contributed by atoms with E-state index in [1.165, 1.54) is 66.1 Å². The van der Waals surface area contributed by atoms with E-state index in [1.807, 2.05) is 0 Å². The highest BCUT2D eigenvalue weighted by atomic mass is 16.3. The Labute approximate surface area is 365 Å². The van der Waals surface area contributed by atoms with Crippen LogP contribution >= 0.6 is 0 Å². The van der Waals surface area contributed by atoms with Gasteiger partial charge in [-0.2, -0.15) is 0 Å². The highest BCUT2D eigenvalue weighted by Gasteiger charge is 2.46. The van der Waals surface area contributed by atoms with E-state index in [1.54, 1.807) is 0 Å². The van der Waals surface area contributed by atoms with Gasteiger partial charge in [-0.25, -0.2) is 0 Å². The van der Waals surface area contributed by atoms with Crippen molar-refractivity contribution in [3.63, 3.8) is 0 Å². The van der Waals surface area contributed by atoms with Crippen LogP contribution in [-0.4, -0.2) is 0 Å². The first-order valence-corrected chi connectivity index (χ1v) is 21.8. The molecule has 1 aromatic heterocycles. The molecule has 0 fully saturated rings. The zero-order valence-electron chi connectivity index (χ0n) is 34.4. The molecule has 1 heterocycles. The Morgan fingerprint density at radius 3 is 1.75 bits per heavy atom. The van der Waals surface area contributed by atoms with Crippen molar-refractivity contribution < 1.29 is 4.42 Å². The van der Waals surface area contributed by atoms with Gasteiger partial charge in [-0.15, -0.1) is 0 Å². The smallest absolute Gasteiger partial charge is 0.143 e. The van der Waals surface area contributed by atoms with Crippen molar-refractivity contribution in [2.45, 2.75) is 5.41 Å². The van der Waals surface area contributed by atoms with Crippen LogP contribution in [0.2, 0.25) is 0 Å². The zero-order chi connectivity index (χ0) is 41.5.